The standard InChI is InChI=1S/C25H20BN3/c1-5-13-21(14-6-1)25-27-29(24-19-11-4-12-20-24)26(22-15-7-2-8-16-22)28(25)23-17-9-3-10-18-23/h1-20H. The Kier molecular flexibility index (Phi) is 4.59. The van der Waals surface area contributed by atoms with E-state index in [1.807, 2.05) is 18.2 Å². The highest BCUT2D eigenvalue weighted by Gasteiger charge is 2.42. The molecule has 4 heteroatoms. The van der Waals surface area contributed by atoms with Crippen molar-refractivity contribution in [2.24, 2.45) is 5.10 Å². The van der Waals surface area contributed by atoms with E-state index in [1.165, 1.54) is 5.46 Å². The number of rotatable bonds is 4. The van der Waals surface area contributed by atoms with Crippen LogP contribution in [0.4, 0.5) is 11.4 Å². The summed E-state index contributed by atoms with van der Waals surface area (Å²) in [6.07, 6.45) is 0. The van der Waals surface area contributed by atoms with Gasteiger partial charge in [-0.25, -0.2) is 0 Å². The van der Waals surface area contributed by atoms with Crippen molar-refractivity contribution in [2.75, 3.05) is 9.73 Å². The van der Waals surface area contributed by atoms with Crippen LogP contribution >= 0.6 is 0 Å². The molecule has 4 aromatic rings. The second-order valence-electron chi connectivity index (χ2n) is 6.96. The van der Waals surface area contributed by atoms with E-state index in [-0.39, 0.29) is 6.98 Å². The SMILES string of the molecule is c1ccc(B2N(c3ccccc3)N=C(c3ccccc3)N2c2ccccc2)cc1. The Morgan fingerprint density at radius 2 is 1.00 bits per heavy atom. The van der Waals surface area contributed by atoms with E-state index in [4.69, 9.17) is 5.10 Å². The largest absolute Gasteiger partial charge is 0.439 e. The molecule has 1 aliphatic rings. The van der Waals surface area contributed by atoms with Crippen molar-refractivity contribution in [1.29, 1.82) is 0 Å². The van der Waals surface area contributed by atoms with Gasteiger partial charge in [0.05, 0.1) is 0 Å². The Morgan fingerprint density at radius 1 is 0.517 bits per heavy atom. The summed E-state index contributed by atoms with van der Waals surface area (Å²) in [6, 6.07) is 41.8. The maximum Gasteiger partial charge on any atom is 0.439 e. The maximum absolute atomic E-state index is 5.12. The van der Waals surface area contributed by atoms with Crippen LogP contribution in [-0.2, 0) is 0 Å². The summed E-state index contributed by atoms with van der Waals surface area (Å²) in [5.41, 5.74) is 4.46. The molecular formula is C25H20BN3. The van der Waals surface area contributed by atoms with Gasteiger partial charge in [-0.05, 0) is 29.7 Å². The zero-order valence-corrected chi connectivity index (χ0v) is 16.0. The molecule has 0 atom stereocenters. The van der Waals surface area contributed by atoms with Crippen molar-refractivity contribution in [3.63, 3.8) is 0 Å². The first-order valence-electron chi connectivity index (χ1n) is 9.79. The topological polar surface area (TPSA) is 18.8 Å². The smallest absolute Gasteiger partial charge is 0.343 e. The van der Waals surface area contributed by atoms with Crippen LogP contribution in [0.1, 0.15) is 5.56 Å². The van der Waals surface area contributed by atoms with E-state index in [1.54, 1.807) is 0 Å². The first-order valence-corrected chi connectivity index (χ1v) is 9.79. The third kappa shape index (κ3) is 3.30. The Morgan fingerprint density at radius 3 is 1.59 bits per heavy atom. The Hall–Kier alpha value is -3.79. The molecule has 3 nitrogen and oxygen atoms in total. The van der Waals surface area contributed by atoms with Gasteiger partial charge in [0, 0.05) is 16.9 Å². The van der Waals surface area contributed by atoms with Gasteiger partial charge in [0.2, 0.25) is 0 Å². The predicted molar refractivity (Wildman–Crippen MR) is 123 cm³/mol. The first kappa shape index (κ1) is 17.3. The fraction of sp³-hybridized carbons (Fsp3) is 0. The summed E-state index contributed by atoms with van der Waals surface area (Å²) >= 11 is 0. The monoisotopic (exact) mass is 373 g/mol. The molecule has 0 amide bonds. The second-order valence-corrected chi connectivity index (χ2v) is 6.96. The van der Waals surface area contributed by atoms with Crippen LogP contribution in [0.25, 0.3) is 0 Å². The lowest BCUT2D eigenvalue weighted by Crippen LogP contribution is -2.55. The Balaban J connectivity index is 1.72. The Bertz CT molecular complexity index is 1100. The van der Waals surface area contributed by atoms with E-state index in [0.717, 1.165) is 22.8 Å². The van der Waals surface area contributed by atoms with Gasteiger partial charge in [0.15, 0.2) is 0 Å². The number of para-hydroxylation sites is 2. The van der Waals surface area contributed by atoms with Gasteiger partial charge < -0.3 is 4.81 Å². The number of hydrazone groups is 1. The number of benzene rings is 4. The molecule has 1 heterocycles. The lowest BCUT2D eigenvalue weighted by molar-refractivity contribution is 1.18. The van der Waals surface area contributed by atoms with Crippen LogP contribution in [0.3, 0.4) is 0 Å². The average Bonchev–Trinajstić information content (AvgIpc) is 3.22. The van der Waals surface area contributed by atoms with Crippen LogP contribution < -0.4 is 15.2 Å². The fourth-order valence-corrected chi connectivity index (χ4v) is 3.76. The molecule has 5 rings (SSSR count). The first-order chi connectivity index (χ1) is 14.4. The normalized spacial score (nSPS) is 13.5. The highest BCUT2D eigenvalue weighted by molar-refractivity contribution is 6.85. The van der Waals surface area contributed by atoms with Crippen LogP contribution in [0, 0.1) is 0 Å². The molecule has 0 saturated heterocycles. The van der Waals surface area contributed by atoms with E-state index < -0.39 is 0 Å². The third-order valence-electron chi connectivity index (χ3n) is 5.09. The van der Waals surface area contributed by atoms with Gasteiger partial charge in [-0.2, -0.15) is 5.10 Å². The quantitative estimate of drug-likeness (QED) is 0.480. The van der Waals surface area contributed by atoms with Crippen molar-refractivity contribution < 1.29 is 0 Å². The van der Waals surface area contributed by atoms with Gasteiger partial charge >= 0.3 is 6.98 Å². The number of nitrogens with zero attached hydrogens (tertiary/aromatic N) is 3. The molecule has 1 aliphatic heterocycles. The molecule has 0 fully saturated rings. The van der Waals surface area contributed by atoms with Crippen molar-refractivity contribution >= 4 is 29.7 Å². The minimum atomic E-state index is -0.0730. The van der Waals surface area contributed by atoms with Gasteiger partial charge in [0.1, 0.15) is 5.84 Å². The van der Waals surface area contributed by atoms with E-state index in [2.05, 4.69) is 113 Å². The van der Waals surface area contributed by atoms with Gasteiger partial charge in [-0.3, -0.25) is 4.92 Å². The molecule has 0 aromatic heterocycles. The van der Waals surface area contributed by atoms with Crippen LogP contribution in [-0.4, -0.2) is 12.8 Å². The summed E-state index contributed by atoms with van der Waals surface area (Å²) in [7, 11) is 0. The Labute approximate surface area is 171 Å². The highest BCUT2D eigenvalue weighted by Crippen LogP contribution is 2.29. The molecule has 0 unspecified atom stereocenters. The number of hydrogen-bond donors (Lipinski definition) is 0. The van der Waals surface area contributed by atoms with Crippen molar-refractivity contribution in [3.8, 4) is 0 Å². The van der Waals surface area contributed by atoms with Crippen molar-refractivity contribution in [1.82, 2.24) is 0 Å². The predicted octanol–water partition coefficient (Wildman–Crippen LogP) is 4.77. The summed E-state index contributed by atoms with van der Waals surface area (Å²) < 4.78 is 0. The minimum absolute atomic E-state index is 0.0730. The summed E-state index contributed by atoms with van der Waals surface area (Å²) in [4.78, 5) is 4.43. The summed E-state index contributed by atoms with van der Waals surface area (Å²) in [5, 5.41) is 5.12. The van der Waals surface area contributed by atoms with E-state index in [9.17, 15) is 0 Å². The molecule has 0 aliphatic carbocycles. The van der Waals surface area contributed by atoms with Crippen molar-refractivity contribution in [3.05, 3.63) is 127 Å². The molecule has 138 valence electrons. The van der Waals surface area contributed by atoms with Crippen LogP contribution in [0.5, 0.6) is 0 Å². The molecule has 29 heavy (non-hydrogen) atoms. The summed E-state index contributed by atoms with van der Waals surface area (Å²) in [5.74, 6) is 0.939. The molecule has 0 bridgehead atoms. The molecule has 0 saturated carbocycles. The molecule has 0 N–H and O–H groups in total. The number of anilines is 2. The van der Waals surface area contributed by atoms with E-state index >= 15 is 0 Å². The van der Waals surface area contributed by atoms with Gasteiger partial charge in [0.25, 0.3) is 0 Å². The lowest BCUT2D eigenvalue weighted by atomic mass is 9.64. The average molecular weight is 373 g/mol. The second kappa shape index (κ2) is 7.68. The number of hydrogen-bond acceptors (Lipinski definition) is 3. The third-order valence-corrected chi connectivity index (χ3v) is 5.09. The van der Waals surface area contributed by atoms with Gasteiger partial charge in [-0.15, -0.1) is 0 Å². The number of amidine groups is 1. The molecular weight excluding hydrogens is 353 g/mol. The van der Waals surface area contributed by atoms with Crippen LogP contribution in [0.15, 0.2) is 126 Å². The maximum atomic E-state index is 5.12. The van der Waals surface area contributed by atoms with Crippen molar-refractivity contribution in [2.45, 2.75) is 0 Å². The minimum Gasteiger partial charge on any atom is -0.343 e. The molecule has 0 spiro atoms. The zero-order valence-electron chi connectivity index (χ0n) is 16.0. The fourth-order valence-electron chi connectivity index (χ4n) is 3.76. The lowest BCUT2D eigenvalue weighted by Gasteiger charge is -2.29. The summed E-state index contributed by atoms with van der Waals surface area (Å²) in [6.45, 7) is -0.0730. The molecule has 4 aromatic carbocycles. The van der Waals surface area contributed by atoms with Gasteiger partial charge in [-0.1, -0.05) is 97.1 Å². The zero-order chi connectivity index (χ0) is 19.5. The highest BCUT2D eigenvalue weighted by atomic mass is 15.5. The molecule has 0 radical (unpaired) electrons. The van der Waals surface area contributed by atoms with Crippen LogP contribution in [0.2, 0.25) is 0 Å². The van der Waals surface area contributed by atoms with E-state index in [0.29, 0.717) is 0 Å².